The SMILES string of the molecule is Cc1sccc1C(O)C(c1ccccc1)c1ccccc1. The van der Waals surface area contributed by atoms with Gasteiger partial charge in [0, 0.05) is 10.8 Å². The second-order valence-corrected chi connectivity index (χ2v) is 6.30. The van der Waals surface area contributed by atoms with Gasteiger partial charge in [-0.2, -0.15) is 0 Å². The van der Waals surface area contributed by atoms with Gasteiger partial charge in [-0.1, -0.05) is 60.7 Å². The van der Waals surface area contributed by atoms with E-state index in [0.29, 0.717) is 0 Å². The van der Waals surface area contributed by atoms with Crippen LogP contribution in [0, 0.1) is 6.92 Å². The van der Waals surface area contributed by atoms with Crippen LogP contribution in [-0.2, 0) is 0 Å². The van der Waals surface area contributed by atoms with Crippen LogP contribution in [0.3, 0.4) is 0 Å². The Morgan fingerprint density at radius 1 is 0.810 bits per heavy atom. The number of thiophene rings is 1. The maximum Gasteiger partial charge on any atom is 0.0909 e. The monoisotopic (exact) mass is 294 g/mol. The van der Waals surface area contributed by atoms with Crippen LogP contribution in [0.4, 0.5) is 0 Å². The molecule has 2 heteroatoms. The maximum absolute atomic E-state index is 11.0. The molecule has 0 saturated carbocycles. The lowest BCUT2D eigenvalue weighted by atomic mass is 9.84. The first-order chi connectivity index (χ1) is 10.3. The summed E-state index contributed by atoms with van der Waals surface area (Å²) in [7, 11) is 0. The zero-order valence-corrected chi connectivity index (χ0v) is 12.8. The lowest BCUT2D eigenvalue weighted by Crippen LogP contribution is -2.12. The summed E-state index contributed by atoms with van der Waals surface area (Å²) in [4.78, 5) is 1.18. The third kappa shape index (κ3) is 2.92. The summed E-state index contributed by atoms with van der Waals surface area (Å²) in [5, 5.41) is 13.0. The van der Waals surface area contributed by atoms with Crippen LogP contribution in [0.2, 0.25) is 0 Å². The summed E-state index contributed by atoms with van der Waals surface area (Å²) in [5.41, 5.74) is 3.31. The summed E-state index contributed by atoms with van der Waals surface area (Å²) in [6.07, 6.45) is -0.527. The molecule has 1 nitrogen and oxygen atoms in total. The van der Waals surface area contributed by atoms with Gasteiger partial charge in [0.1, 0.15) is 0 Å². The lowest BCUT2D eigenvalue weighted by molar-refractivity contribution is 0.159. The second-order valence-electron chi connectivity index (χ2n) is 5.18. The van der Waals surface area contributed by atoms with Crippen LogP contribution in [0.25, 0.3) is 0 Å². The van der Waals surface area contributed by atoms with Gasteiger partial charge in [-0.3, -0.25) is 0 Å². The molecule has 3 rings (SSSR count). The number of aliphatic hydroxyl groups excluding tert-OH is 1. The van der Waals surface area contributed by atoms with E-state index in [4.69, 9.17) is 0 Å². The Balaban J connectivity index is 2.07. The third-order valence-electron chi connectivity index (χ3n) is 3.85. The van der Waals surface area contributed by atoms with Gasteiger partial charge in [0.15, 0.2) is 0 Å². The third-order valence-corrected chi connectivity index (χ3v) is 4.71. The van der Waals surface area contributed by atoms with Crippen molar-refractivity contribution < 1.29 is 5.11 Å². The van der Waals surface area contributed by atoms with Crippen molar-refractivity contribution in [3.63, 3.8) is 0 Å². The predicted molar refractivity (Wildman–Crippen MR) is 88.7 cm³/mol. The van der Waals surface area contributed by atoms with Gasteiger partial charge < -0.3 is 5.11 Å². The van der Waals surface area contributed by atoms with Crippen LogP contribution in [-0.4, -0.2) is 5.11 Å². The van der Waals surface area contributed by atoms with Crippen molar-refractivity contribution >= 4 is 11.3 Å². The van der Waals surface area contributed by atoms with Crippen molar-refractivity contribution in [3.8, 4) is 0 Å². The van der Waals surface area contributed by atoms with E-state index in [-0.39, 0.29) is 5.92 Å². The minimum atomic E-state index is -0.527. The van der Waals surface area contributed by atoms with Crippen LogP contribution in [0.15, 0.2) is 72.1 Å². The molecule has 1 atom stereocenters. The van der Waals surface area contributed by atoms with E-state index in [1.165, 1.54) is 4.88 Å². The van der Waals surface area contributed by atoms with Crippen LogP contribution >= 0.6 is 11.3 Å². The molecular formula is C19H18OS. The van der Waals surface area contributed by atoms with Gasteiger partial charge in [0.25, 0.3) is 0 Å². The normalized spacial score (nSPS) is 12.5. The quantitative estimate of drug-likeness (QED) is 0.724. The zero-order valence-electron chi connectivity index (χ0n) is 11.9. The Kier molecular flexibility index (Phi) is 4.18. The molecule has 1 heterocycles. The van der Waals surface area contributed by atoms with Gasteiger partial charge in [-0.25, -0.2) is 0 Å². The van der Waals surface area contributed by atoms with Gasteiger partial charge in [-0.15, -0.1) is 11.3 Å². The Morgan fingerprint density at radius 2 is 1.33 bits per heavy atom. The summed E-state index contributed by atoms with van der Waals surface area (Å²) in [5.74, 6) is -0.0410. The molecule has 0 saturated heterocycles. The minimum absolute atomic E-state index is 0.0410. The molecule has 106 valence electrons. The summed E-state index contributed by atoms with van der Waals surface area (Å²) < 4.78 is 0. The van der Waals surface area contributed by atoms with E-state index in [1.54, 1.807) is 11.3 Å². The molecule has 0 spiro atoms. The standard InChI is InChI=1S/C19H18OS/c1-14-17(12-13-21-14)19(20)18(15-8-4-2-5-9-15)16-10-6-3-7-11-16/h2-13,18-20H,1H3. The molecular weight excluding hydrogens is 276 g/mol. The number of aryl methyl sites for hydroxylation is 1. The van der Waals surface area contributed by atoms with Crippen molar-refractivity contribution in [2.24, 2.45) is 0 Å². The van der Waals surface area contributed by atoms with Crippen molar-refractivity contribution in [3.05, 3.63) is 93.7 Å². The molecule has 21 heavy (non-hydrogen) atoms. The van der Waals surface area contributed by atoms with Gasteiger partial charge >= 0.3 is 0 Å². The number of rotatable bonds is 4. The highest BCUT2D eigenvalue weighted by molar-refractivity contribution is 7.10. The molecule has 2 aromatic carbocycles. The largest absolute Gasteiger partial charge is 0.387 e. The molecule has 0 aliphatic carbocycles. The topological polar surface area (TPSA) is 20.2 Å². The highest BCUT2D eigenvalue weighted by atomic mass is 32.1. The first-order valence-electron chi connectivity index (χ1n) is 7.09. The zero-order chi connectivity index (χ0) is 14.7. The first-order valence-corrected chi connectivity index (χ1v) is 7.97. The molecule has 0 fully saturated rings. The molecule has 0 amide bonds. The molecule has 0 aliphatic heterocycles. The van der Waals surface area contributed by atoms with E-state index in [1.807, 2.05) is 47.8 Å². The minimum Gasteiger partial charge on any atom is -0.387 e. The second kappa shape index (κ2) is 6.25. The van der Waals surface area contributed by atoms with Crippen LogP contribution in [0.5, 0.6) is 0 Å². The van der Waals surface area contributed by atoms with Crippen molar-refractivity contribution in [1.82, 2.24) is 0 Å². The fourth-order valence-electron chi connectivity index (χ4n) is 2.76. The fourth-order valence-corrected chi connectivity index (χ4v) is 3.50. The Bertz CT molecular complexity index is 648. The van der Waals surface area contributed by atoms with E-state index >= 15 is 0 Å². The Morgan fingerprint density at radius 3 is 1.76 bits per heavy atom. The summed E-state index contributed by atoms with van der Waals surface area (Å²) >= 11 is 1.68. The highest BCUT2D eigenvalue weighted by Crippen LogP contribution is 2.38. The van der Waals surface area contributed by atoms with E-state index < -0.39 is 6.10 Å². The highest BCUT2D eigenvalue weighted by Gasteiger charge is 2.25. The average molecular weight is 294 g/mol. The van der Waals surface area contributed by atoms with Gasteiger partial charge in [0.05, 0.1) is 6.10 Å². The molecule has 0 radical (unpaired) electrons. The van der Waals surface area contributed by atoms with E-state index in [0.717, 1.165) is 16.7 Å². The smallest absolute Gasteiger partial charge is 0.0909 e. The molecule has 1 N–H and O–H groups in total. The molecule has 1 aromatic heterocycles. The molecule has 0 bridgehead atoms. The van der Waals surface area contributed by atoms with Crippen molar-refractivity contribution in [1.29, 1.82) is 0 Å². The van der Waals surface area contributed by atoms with E-state index in [9.17, 15) is 5.11 Å². The number of benzene rings is 2. The summed E-state index contributed by atoms with van der Waals surface area (Å²) in [6, 6.07) is 22.5. The molecule has 1 unspecified atom stereocenters. The number of aliphatic hydroxyl groups is 1. The lowest BCUT2D eigenvalue weighted by Gasteiger charge is -2.24. The predicted octanol–water partition coefficient (Wildman–Crippen LogP) is 4.92. The number of hydrogen-bond donors (Lipinski definition) is 1. The van der Waals surface area contributed by atoms with Crippen molar-refractivity contribution in [2.75, 3.05) is 0 Å². The first kappa shape index (κ1) is 14.1. The van der Waals surface area contributed by atoms with E-state index in [2.05, 4.69) is 31.2 Å². The fraction of sp³-hybridized carbons (Fsp3) is 0.158. The molecule has 3 aromatic rings. The molecule has 0 aliphatic rings. The number of hydrogen-bond acceptors (Lipinski definition) is 2. The van der Waals surface area contributed by atoms with Crippen molar-refractivity contribution in [2.45, 2.75) is 18.9 Å². The summed E-state index contributed by atoms with van der Waals surface area (Å²) in [6.45, 7) is 2.07. The van der Waals surface area contributed by atoms with Gasteiger partial charge in [0.2, 0.25) is 0 Å². The Labute approximate surface area is 129 Å². The Hall–Kier alpha value is -1.90. The van der Waals surface area contributed by atoms with Crippen LogP contribution in [0.1, 0.15) is 33.6 Å². The van der Waals surface area contributed by atoms with Gasteiger partial charge in [-0.05, 0) is 35.1 Å². The maximum atomic E-state index is 11.0. The average Bonchev–Trinajstić information content (AvgIpc) is 2.96. The van der Waals surface area contributed by atoms with Crippen LogP contribution < -0.4 is 0 Å².